The Labute approximate surface area is 152 Å². The number of nitriles is 1. The van der Waals surface area contributed by atoms with Crippen molar-refractivity contribution in [1.82, 2.24) is 19.9 Å². The highest BCUT2D eigenvalue weighted by Gasteiger charge is 2.18. The van der Waals surface area contributed by atoms with E-state index < -0.39 is 29.1 Å². The summed E-state index contributed by atoms with van der Waals surface area (Å²) in [4.78, 5) is 29.1. The van der Waals surface area contributed by atoms with Gasteiger partial charge in [0.2, 0.25) is 5.91 Å². The highest BCUT2D eigenvalue weighted by atomic mass is 19.2. The minimum Gasteiger partial charge on any atom is -0.349 e. The van der Waals surface area contributed by atoms with E-state index in [0.717, 1.165) is 16.6 Å². The van der Waals surface area contributed by atoms with Crippen LogP contribution in [-0.2, 0) is 11.2 Å². The molecule has 0 bridgehead atoms. The molecule has 2 aromatic heterocycles. The maximum Gasteiger partial charge on any atom is 0.276 e. The van der Waals surface area contributed by atoms with Gasteiger partial charge in [-0.3, -0.25) is 14.7 Å². The number of hydrogen-bond donors (Lipinski definition) is 2. The monoisotopic (exact) mass is 371 g/mol. The SMILES string of the molecule is Cc1nc2c(C#N)c[nH]n2c(=O)c1CC(=O)N[C@H](C)c1ccc(F)c(F)c1. The fourth-order valence-electron chi connectivity index (χ4n) is 2.76. The van der Waals surface area contributed by atoms with Gasteiger partial charge in [-0.05, 0) is 31.5 Å². The Morgan fingerprint density at radius 2 is 2.15 bits per heavy atom. The molecule has 2 N–H and O–H groups in total. The van der Waals surface area contributed by atoms with Gasteiger partial charge in [-0.2, -0.15) is 5.26 Å². The highest BCUT2D eigenvalue weighted by Crippen LogP contribution is 2.16. The van der Waals surface area contributed by atoms with Gasteiger partial charge < -0.3 is 5.32 Å². The Hall–Kier alpha value is -3.54. The average molecular weight is 371 g/mol. The van der Waals surface area contributed by atoms with E-state index in [2.05, 4.69) is 15.4 Å². The number of fused-ring (bicyclic) bond motifs is 1. The van der Waals surface area contributed by atoms with Crippen molar-refractivity contribution in [2.45, 2.75) is 26.3 Å². The van der Waals surface area contributed by atoms with Gasteiger partial charge in [-0.25, -0.2) is 18.3 Å². The number of aromatic nitrogens is 3. The van der Waals surface area contributed by atoms with Crippen molar-refractivity contribution in [1.29, 1.82) is 5.26 Å². The number of rotatable bonds is 4. The lowest BCUT2D eigenvalue weighted by Gasteiger charge is -2.15. The molecule has 0 aliphatic rings. The van der Waals surface area contributed by atoms with Crippen LogP contribution < -0.4 is 10.9 Å². The molecule has 0 unspecified atom stereocenters. The largest absolute Gasteiger partial charge is 0.349 e. The maximum absolute atomic E-state index is 13.3. The topological polar surface area (TPSA) is 103 Å². The van der Waals surface area contributed by atoms with Crippen LogP contribution in [0.25, 0.3) is 5.65 Å². The van der Waals surface area contributed by atoms with E-state index in [1.165, 1.54) is 12.3 Å². The molecule has 2 heterocycles. The number of carbonyl (C=O) groups excluding carboxylic acids is 1. The second kappa shape index (κ2) is 6.99. The molecule has 7 nitrogen and oxygen atoms in total. The molecular weight excluding hydrogens is 356 g/mol. The van der Waals surface area contributed by atoms with Gasteiger partial charge in [-0.1, -0.05) is 6.07 Å². The summed E-state index contributed by atoms with van der Waals surface area (Å²) in [6.45, 7) is 3.20. The van der Waals surface area contributed by atoms with Crippen LogP contribution in [0.2, 0.25) is 0 Å². The number of halogens is 2. The quantitative estimate of drug-likeness (QED) is 0.731. The summed E-state index contributed by atoms with van der Waals surface area (Å²) in [7, 11) is 0. The standard InChI is InChI=1S/C18H15F2N5O2/c1-9(11-3-4-14(19)15(20)5-11)23-16(26)6-13-10(2)24-17-12(7-21)8-22-25(17)18(13)27/h3-5,8-9,22H,6H2,1-2H3,(H,23,26)/t9-/m1/s1. The molecule has 0 aliphatic heterocycles. The first kappa shape index (κ1) is 18.3. The number of aromatic amines is 1. The zero-order valence-electron chi connectivity index (χ0n) is 14.5. The lowest BCUT2D eigenvalue weighted by Crippen LogP contribution is -2.32. The van der Waals surface area contributed by atoms with Crippen LogP contribution in [0.3, 0.4) is 0 Å². The number of nitrogens with one attached hydrogen (secondary N) is 2. The third-order valence-corrected chi connectivity index (χ3v) is 4.24. The van der Waals surface area contributed by atoms with E-state index >= 15 is 0 Å². The Bertz CT molecular complexity index is 1140. The maximum atomic E-state index is 13.3. The van der Waals surface area contributed by atoms with Gasteiger partial charge in [0.25, 0.3) is 5.56 Å². The van der Waals surface area contributed by atoms with Crippen LogP contribution in [-0.4, -0.2) is 20.5 Å². The van der Waals surface area contributed by atoms with E-state index in [0.29, 0.717) is 11.3 Å². The smallest absolute Gasteiger partial charge is 0.276 e. The van der Waals surface area contributed by atoms with Crippen molar-refractivity contribution in [3.8, 4) is 6.07 Å². The first-order chi connectivity index (χ1) is 12.8. The summed E-state index contributed by atoms with van der Waals surface area (Å²) in [5, 5.41) is 14.3. The minimum absolute atomic E-state index is 0.175. The number of H-pyrrole nitrogens is 1. The van der Waals surface area contributed by atoms with Crippen LogP contribution >= 0.6 is 0 Å². The van der Waals surface area contributed by atoms with Crippen molar-refractivity contribution in [3.63, 3.8) is 0 Å². The average Bonchev–Trinajstić information content (AvgIpc) is 3.03. The molecule has 0 radical (unpaired) electrons. The predicted molar refractivity (Wildman–Crippen MR) is 91.9 cm³/mol. The third-order valence-electron chi connectivity index (χ3n) is 4.24. The summed E-state index contributed by atoms with van der Waals surface area (Å²) in [6, 6.07) is 4.72. The van der Waals surface area contributed by atoms with Crippen LogP contribution in [0, 0.1) is 29.9 Å². The van der Waals surface area contributed by atoms with Gasteiger partial charge >= 0.3 is 0 Å². The van der Waals surface area contributed by atoms with Gasteiger partial charge in [0, 0.05) is 17.5 Å². The molecule has 3 rings (SSSR count). The molecule has 27 heavy (non-hydrogen) atoms. The Morgan fingerprint density at radius 3 is 2.81 bits per heavy atom. The van der Waals surface area contributed by atoms with E-state index in [1.54, 1.807) is 13.8 Å². The molecule has 138 valence electrons. The third kappa shape index (κ3) is 3.42. The van der Waals surface area contributed by atoms with Crippen molar-refractivity contribution < 1.29 is 13.6 Å². The van der Waals surface area contributed by atoms with Crippen molar-refractivity contribution in [2.75, 3.05) is 0 Å². The van der Waals surface area contributed by atoms with Crippen LogP contribution in [0.4, 0.5) is 8.78 Å². The normalized spacial score (nSPS) is 12.0. The van der Waals surface area contributed by atoms with Gasteiger partial charge in [-0.15, -0.1) is 0 Å². The van der Waals surface area contributed by atoms with Crippen molar-refractivity contribution >= 4 is 11.6 Å². The summed E-state index contributed by atoms with van der Waals surface area (Å²) in [5.41, 5.74) is 0.847. The van der Waals surface area contributed by atoms with Crippen LogP contribution in [0.15, 0.2) is 29.2 Å². The van der Waals surface area contributed by atoms with E-state index in [9.17, 15) is 18.4 Å². The summed E-state index contributed by atoms with van der Waals surface area (Å²) < 4.78 is 27.5. The molecule has 3 aromatic rings. The first-order valence-corrected chi connectivity index (χ1v) is 8.06. The number of benzene rings is 1. The van der Waals surface area contributed by atoms with E-state index in [1.807, 2.05) is 6.07 Å². The Balaban J connectivity index is 1.82. The van der Waals surface area contributed by atoms with E-state index in [-0.39, 0.29) is 23.2 Å². The minimum atomic E-state index is -1.00. The molecule has 1 aromatic carbocycles. The fraction of sp³-hybridized carbons (Fsp3) is 0.222. The lowest BCUT2D eigenvalue weighted by atomic mass is 10.1. The second-order valence-electron chi connectivity index (χ2n) is 6.08. The summed E-state index contributed by atoms with van der Waals surface area (Å²) >= 11 is 0. The highest BCUT2D eigenvalue weighted by molar-refractivity contribution is 5.79. The van der Waals surface area contributed by atoms with Crippen molar-refractivity contribution in [3.05, 3.63) is 68.8 Å². The summed E-state index contributed by atoms with van der Waals surface area (Å²) in [5.74, 6) is -2.44. The predicted octanol–water partition coefficient (Wildman–Crippen LogP) is 1.90. The number of aryl methyl sites for hydroxylation is 1. The number of nitrogens with zero attached hydrogens (tertiary/aromatic N) is 3. The Morgan fingerprint density at radius 1 is 1.41 bits per heavy atom. The molecule has 0 fully saturated rings. The Kier molecular flexibility index (Phi) is 4.73. The molecule has 1 amide bonds. The molecule has 9 heteroatoms. The zero-order chi connectivity index (χ0) is 19.7. The molecule has 1 atom stereocenters. The number of carbonyl (C=O) groups is 1. The van der Waals surface area contributed by atoms with Crippen molar-refractivity contribution in [2.24, 2.45) is 0 Å². The zero-order valence-corrected chi connectivity index (χ0v) is 14.5. The van der Waals surface area contributed by atoms with Gasteiger partial charge in [0.15, 0.2) is 17.3 Å². The molecule has 0 saturated carbocycles. The van der Waals surface area contributed by atoms with Gasteiger partial charge in [0.1, 0.15) is 11.6 Å². The number of hydrogen-bond acceptors (Lipinski definition) is 4. The second-order valence-corrected chi connectivity index (χ2v) is 6.08. The summed E-state index contributed by atoms with van der Waals surface area (Å²) in [6.07, 6.45) is 1.12. The lowest BCUT2D eigenvalue weighted by molar-refractivity contribution is -0.121. The molecule has 0 aliphatic carbocycles. The van der Waals surface area contributed by atoms with E-state index in [4.69, 9.17) is 5.26 Å². The van der Waals surface area contributed by atoms with Gasteiger partial charge in [0.05, 0.1) is 12.5 Å². The molecule has 0 spiro atoms. The van der Waals surface area contributed by atoms with Crippen LogP contribution in [0.1, 0.15) is 35.3 Å². The van der Waals surface area contributed by atoms with Crippen LogP contribution in [0.5, 0.6) is 0 Å². The first-order valence-electron chi connectivity index (χ1n) is 8.06. The molecule has 0 saturated heterocycles. The molecular formula is C18H15F2N5O2. The fourth-order valence-corrected chi connectivity index (χ4v) is 2.76. The number of amides is 1.